The Bertz CT molecular complexity index is 1650. The summed E-state index contributed by atoms with van der Waals surface area (Å²) in [6.07, 6.45) is 2.44. The average Bonchev–Trinajstić information content (AvgIpc) is 2.92. The first-order valence-electron chi connectivity index (χ1n) is 12.2. The summed E-state index contributed by atoms with van der Waals surface area (Å²) in [5, 5.41) is 5.55. The highest BCUT2D eigenvalue weighted by atomic mass is 19.2. The second-order valence-corrected chi connectivity index (χ2v) is 9.15. The summed E-state index contributed by atoms with van der Waals surface area (Å²) in [6.45, 7) is 7.78. The van der Waals surface area contributed by atoms with Crippen LogP contribution >= 0.6 is 0 Å². The number of aromatic nitrogens is 4. The van der Waals surface area contributed by atoms with Crippen molar-refractivity contribution in [2.75, 3.05) is 48.8 Å². The number of aryl methyl sites for hydroxylation is 1. The van der Waals surface area contributed by atoms with E-state index in [0.29, 0.717) is 30.3 Å². The fourth-order valence-corrected chi connectivity index (χ4v) is 4.44. The molecule has 2 aromatic heterocycles. The van der Waals surface area contributed by atoms with Gasteiger partial charge in [-0.1, -0.05) is 12.6 Å². The fraction of sp³-hybridized carbons (Fsp3) is 0.222. The minimum atomic E-state index is -1.05. The molecule has 2 N–H and O–H groups in total. The number of fused-ring (bicyclic) bond motifs is 1. The van der Waals surface area contributed by atoms with Crippen molar-refractivity contribution in [3.63, 3.8) is 0 Å². The van der Waals surface area contributed by atoms with Crippen molar-refractivity contribution in [2.24, 2.45) is 0 Å². The molecule has 0 radical (unpaired) electrons. The first kappa shape index (κ1) is 25.9. The molecule has 12 heteroatoms. The maximum Gasteiger partial charge on any atom is 0.284 e. The summed E-state index contributed by atoms with van der Waals surface area (Å²) >= 11 is 0. The zero-order valence-electron chi connectivity index (χ0n) is 21.4. The van der Waals surface area contributed by atoms with E-state index in [9.17, 15) is 9.59 Å². The SMILES string of the molecule is C=CC(=O)Nc1cccc(-n2c(C)nc(=O)c3cnc(Nc4ccc(N5CCN(C)CC5)c(F)c4F)nc32)c1. The van der Waals surface area contributed by atoms with Crippen LogP contribution in [0.25, 0.3) is 16.7 Å². The summed E-state index contributed by atoms with van der Waals surface area (Å²) in [6, 6.07) is 9.82. The van der Waals surface area contributed by atoms with Crippen LogP contribution in [-0.4, -0.2) is 63.6 Å². The average molecular weight is 533 g/mol. The van der Waals surface area contributed by atoms with E-state index in [1.165, 1.54) is 18.3 Å². The number of carbonyl (C=O) groups is 1. The van der Waals surface area contributed by atoms with E-state index in [-0.39, 0.29) is 34.3 Å². The van der Waals surface area contributed by atoms with Gasteiger partial charge in [-0.2, -0.15) is 9.97 Å². The maximum absolute atomic E-state index is 15.1. The van der Waals surface area contributed by atoms with Crippen LogP contribution in [0.1, 0.15) is 5.82 Å². The molecule has 39 heavy (non-hydrogen) atoms. The van der Waals surface area contributed by atoms with Gasteiger partial charge in [-0.3, -0.25) is 14.2 Å². The molecule has 1 aliphatic heterocycles. The highest BCUT2D eigenvalue weighted by Crippen LogP contribution is 2.29. The van der Waals surface area contributed by atoms with E-state index >= 15 is 8.78 Å². The molecule has 0 atom stereocenters. The Morgan fingerprint density at radius 2 is 1.85 bits per heavy atom. The molecule has 200 valence electrons. The highest BCUT2D eigenvalue weighted by molar-refractivity contribution is 5.99. The van der Waals surface area contributed by atoms with Crippen molar-refractivity contribution in [2.45, 2.75) is 6.92 Å². The van der Waals surface area contributed by atoms with E-state index in [2.05, 4.69) is 37.1 Å². The van der Waals surface area contributed by atoms with Crippen LogP contribution in [0.15, 0.2) is 60.0 Å². The number of hydrogen-bond acceptors (Lipinski definition) is 8. The summed E-state index contributed by atoms with van der Waals surface area (Å²) in [7, 11) is 1.99. The third-order valence-electron chi connectivity index (χ3n) is 6.51. The second kappa shape index (κ2) is 10.6. The van der Waals surface area contributed by atoms with Crippen LogP contribution in [0.5, 0.6) is 0 Å². The zero-order chi connectivity index (χ0) is 27.7. The van der Waals surface area contributed by atoms with Gasteiger partial charge >= 0.3 is 0 Å². The van der Waals surface area contributed by atoms with Crippen LogP contribution in [-0.2, 0) is 4.79 Å². The Morgan fingerprint density at radius 1 is 1.08 bits per heavy atom. The topological polar surface area (TPSA) is 108 Å². The summed E-state index contributed by atoms with van der Waals surface area (Å²) < 4.78 is 31.8. The molecule has 2 aromatic carbocycles. The molecule has 0 saturated carbocycles. The summed E-state index contributed by atoms with van der Waals surface area (Å²) in [5.41, 5.74) is 0.782. The molecule has 5 rings (SSSR count). The molecule has 3 heterocycles. The Kier molecular flexibility index (Phi) is 7.03. The van der Waals surface area contributed by atoms with Crippen molar-refractivity contribution >= 4 is 40.0 Å². The van der Waals surface area contributed by atoms with Gasteiger partial charge in [0.15, 0.2) is 17.3 Å². The van der Waals surface area contributed by atoms with Gasteiger partial charge in [0.1, 0.15) is 11.2 Å². The number of benzene rings is 2. The summed E-state index contributed by atoms with van der Waals surface area (Å²) in [4.78, 5) is 41.0. The van der Waals surface area contributed by atoms with Crippen LogP contribution in [0.2, 0.25) is 0 Å². The van der Waals surface area contributed by atoms with Crippen molar-refractivity contribution in [3.8, 4) is 5.69 Å². The first-order valence-corrected chi connectivity index (χ1v) is 12.2. The molecule has 0 spiro atoms. The van der Waals surface area contributed by atoms with Crippen LogP contribution in [0, 0.1) is 18.6 Å². The standard InChI is InChI=1S/C27H26F2N8O2/c1-4-22(38)32-17-6-5-7-18(14-17)37-16(2)31-26(39)19-15-30-27(34-25(19)37)33-20-8-9-21(24(29)23(20)28)36-12-10-35(3)11-13-36/h4-9,14-15H,1,10-13H2,2-3H3,(H,32,38)(H,30,33,34). The van der Waals surface area contributed by atoms with E-state index < -0.39 is 17.2 Å². The Balaban J connectivity index is 1.52. The number of nitrogens with one attached hydrogen (secondary N) is 2. The van der Waals surface area contributed by atoms with Gasteiger partial charge in [-0.05, 0) is 50.4 Å². The molecule has 4 aromatic rings. The van der Waals surface area contributed by atoms with Gasteiger partial charge in [0, 0.05) is 38.1 Å². The van der Waals surface area contributed by atoms with E-state index in [0.717, 1.165) is 19.2 Å². The molecule has 1 aliphatic rings. The molecular weight excluding hydrogens is 506 g/mol. The lowest BCUT2D eigenvalue weighted by molar-refractivity contribution is -0.111. The lowest BCUT2D eigenvalue weighted by Gasteiger charge is -2.34. The molecular formula is C27H26F2N8O2. The predicted octanol–water partition coefficient (Wildman–Crippen LogP) is 3.38. The third-order valence-corrected chi connectivity index (χ3v) is 6.51. The van der Waals surface area contributed by atoms with Crippen molar-refractivity contribution in [3.05, 3.63) is 83.1 Å². The van der Waals surface area contributed by atoms with Gasteiger partial charge in [-0.25, -0.2) is 13.8 Å². The normalized spacial score (nSPS) is 13.9. The van der Waals surface area contributed by atoms with E-state index in [1.54, 1.807) is 35.8 Å². The molecule has 0 bridgehead atoms. The molecule has 0 aliphatic carbocycles. The van der Waals surface area contributed by atoms with Gasteiger partial charge in [0.2, 0.25) is 11.9 Å². The van der Waals surface area contributed by atoms with Gasteiger partial charge in [-0.15, -0.1) is 0 Å². The zero-order valence-corrected chi connectivity index (χ0v) is 21.4. The number of piperazine rings is 1. The number of likely N-dealkylation sites (N-methyl/N-ethyl adjacent to an activating group) is 1. The maximum atomic E-state index is 15.1. The highest BCUT2D eigenvalue weighted by Gasteiger charge is 2.22. The Hall–Kier alpha value is -4.71. The summed E-state index contributed by atoms with van der Waals surface area (Å²) in [5.74, 6) is -2.10. The second-order valence-electron chi connectivity index (χ2n) is 9.15. The quantitative estimate of drug-likeness (QED) is 0.364. The van der Waals surface area contributed by atoms with E-state index in [4.69, 9.17) is 0 Å². The van der Waals surface area contributed by atoms with Gasteiger partial charge < -0.3 is 20.4 Å². The molecule has 1 amide bonds. The predicted molar refractivity (Wildman–Crippen MR) is 146 cm³/mol. The molecule has 1 saturated heterocycles. The van der Waals surface area contributed by atoms with Crippen LogP contribution in [0.4, 0.5) is 31.8 Å². The number of carbonyl (C=O) groups excluding carboxylic acids is 1. The van der Waals surface area contributed by atoms with Gasteiger partial charge in [0.25, 0.3) is 5.56 Å². The number of nitrogens with zero attached hydrogens (tertiary/aromatic N) is 6. The minimum Gasteiger partial charge on any atom is -0.367 e. The minimum absolute atomic E-state index is 0.0389. The molecule has 10 nitrogen and oxygen atoms in total. The number of hydrogen-bond donors (Lipinski definition) is 2. The van der Waals surface area contributed by atoms with Crippen LogP contribution < -0.4 is 21.1 Å². The largest absolute Gasteiger partial charge is 0.367 e. The Labute approximate surface area is 222 Å². The lowest BCUT2D eigenvalue weighted by atomic mass is 10.2. The van der Waals surface area contributed by atoms with Gasteiger partial charge in [0.05, 0.1) is 17.1 Å². The molecule has 1 fully saturated rings. The fourth-order valence-electron chi connectivity index (χ4n) is 4.44. The van der Waals surface area contributed by atoms with Crippen molar-refractivity contribution in [1.29, 1.82) is 0 Å². The third kappa shape index (κ3) is 5.18. The van der Waals surface area contributed by atoms with E-state index in [1.807, 2.05) is 11.9 Å². The Morgan fingerprint density at radius 3 is 2.59 bits per heavy atom. The monoisotopic (exact) mass is 532 g/mol. The lowest BCUT2D eigenvalue weighted by Crippen LogP contribution is -2.44. The number of halogens is 2. The number of amides is 1. The van der Waals surface area contributed by atoms with Crippen molar-refractivity contribution < 1.29 is 13.6 Å². The first-order chi connectivity index (χ1) is 18.7. The van der Waals surface area contributed by atoms with Crippen LogP contribution in [0.3, 0.4) is 0 Å². The molecule has 0 unspecified atom stereocenters. The smallest absolute Gasteiger partial charge is 0.284 e. The van der Waals surface area contributed by atoms with Crippen molar-refractivity contribution in [1.82, 2.24) is 24.4 Å². The number of rotatable bonds is 6. The number of anilines is 4.